The third kappa shape index (κ3) is 3.39. The second-order valence-electron chi connectivity index (χ2n) is 6.35. The molecule has 0 spiro atoms. The molecule has 116 valence electrons. The van der Waals surface area contributed by atoms with Gasteiger partial charge in [-0.15, -0.1) is 0 Å². The fourth-order valence-corrected chi connectivity index (χ4v) is 3.64. The Morgan fingerprint density at radius 3 is 2.90 bits per heavy atom. The molecule has 2 heterocycles. The number of urea groups is 1. The monoisotopic (exact) mass is 291 g/mol. The van der Waals surface area contributed by atoms with E-state index >= 15 is 0 Å². The summed E-state index contributed by atoms with van der Waals surface area (Å²) in [6.07, 6.45) is 9.52. The van der Waals surface area contributed by atoms with Crippen LogP contribution in [0.1, 0.15) is 44.9 Å². The van der Waals surface area contributed by atoms with E-state index in [9.17, 15) is 9.59 Å². The first-order valence-corrected chi connectivity index (χ1v) is 8.24. The van der Waals surface area contributed by atoms with Gasteiger partial charge in [-0.05, 0) is 38.5 Å². The van der Waals surface area contributed by atoms with Crippen LogP contribution in [-0.2, 0) is 4.79 Å². The number of nitrogens with one attached hydrogen (secondary N) is 1. The van der Waals surface area contributed by atoms with Crippen LogP contribution >= 0.6 is 0 Å². The van der Waals surface area contributed by atoms with Crippen LogP contribution in [-0.4, -0.2) is 54.0 Å². The molecule has 1 atom stereocenters. The summed E-state index contributed by atoms with van der Waals surface area (Å²) in [5.74, 6) is 0.243. The Balaban J connectivity index is 1.56. The lowest BCUT2D eigenvalue weighted by molar-refractivity contribution is -0.132. The second-order valence-corrected chi connectivity index (χ2v) is 6.35. The van der Waals surface area contributed by atoms with E-state index in [1.54, 1.807) is 0 Å². The Kier molecular flexibility index (Phi) is 4.46. The number of carbonyl (C=O) groups is 2. The SMILES string of the molecule is O=C(CC1=CCCCC1)N1CCCC(N2CCNC2=O)C1. The highest BCUT2D eigenvalue weighted by Gasteiger charge is 2.32. The number of rotatable bonds is 3. The Morgan fingerprint density at radius 1 is 1.29 bits per heavy atom. The van der Waals surface area contributed by atoms with E-state index in [1.165, 1.54) is 18.4 Å². The molecule has 0 bridgehead atoms. The summed E-state index contributed by atoms with van der Waals surface area (Å²) < 4.78 is 0. The molecule has 5 nitrogen and oxygen atoms in total. The predicted octanol–water partition coefficient (Wildman–Crippen LogP) is 1.89. The number of hydrogen-bond donors (Lipinski definition) is 1. The summed E-state index contributed by atoms with van der Waals surface area (Å²) in [5.41, 5.74) is 1.31. The number of amides is 3. The molecular weight excluding hydrogens is 266 g/mol. The standard InChI is InChI=1S/C16H25N3O2/c20-15(11-13-5-2-1-3-6-13)18-9-4-7-14(12-18)19-10-8-17-16(19)21/h5,14H,1-4,6-12H2,(H,17,21). The van der Waals surface area contributed by atoms with Crippen molar-refractivity contribution in [3.05, 3.63) is 11.6 Å². The summed E-state index contributed by atoms with van der Waals surface area (Å²) in [4.78, 5) is 28.1. The van der Waals surface area contributed by atoms with Crippen LogP contribution in [0.3, 0.4) is 0 Å². The van der Waals surface area contributed by atoms with Crippen molar-refractivity contribution >= 4 is 11.9 Å². The molecule has 1 unspecified atom stereocenters. The molecule has 3 amide bonds. The van der Waals surface area contributed by atoms with Gasteiger partial charge in [0.25, 0.3) is 0 Å². The Bertz CT molecular complexity index is 447. The zero-order chi connectivity index (χ0) is 14.7. The van der Waals surface area contributed by atoms with Crippen molar-refractivity contribution in [1.29, 1.82) is 0 Å². The zero-order valence-electron chi connectivity index (χ0n) is 12.6. The molecular formula is C16H25N3O2. The van der Waals surface area contributed by atoms with Crippen LogP contribution in [0.5, 0.6) is 0 Å². The largest absolute Gasteiger partial charge is 0.340 e. The maximum atomic E-state index is 12.5. The molecule has 2 aliphatic heterocycles. The second kappa shape index (κ2) is 6.50. The van der Waals surface area contributed by atoms with E-state index in [0.29, 0.717) is 13.0 Å². The number of piperidine rings is 1. The first-order valence-electron chi connectivity index (χ1n) is 8.24. The van der Waals surface area contributed by atoms with Gasteiger partial charge < -0.3 is 15.1 Å². The van der Waals surface area contributed by atoms with Crippen LogP contribution in [0.25, 0.3) is 0 Å². The summed E-state index contributed by atoms with van der Waals surface area (Å²) >= 11 is 0. The maximum Gasteiger partial charge on any atom is 0.317 e. The average Bonchev–Trinajstić information content (AvgIpc) is 2.94. The van der Waals surface area contributed by atoms with Crippen molar-refractivity contribution in [1.82, 2.24) is 15.1 Å². The number of allylic oxidation sites excluding steroid dienone is 1. The molecule has 0 saturated carbocycles. The number of likely N-dealkylation sites (tertiary alicyclic amines) is 1. The number of hydrogen-bond acceptors (Lipinski definition) is 2. The molecule has 3 rings (SSSR count). The molecule has 0 aromatic heterocycles. The Labute approximate surface area is 126 Å². The van der Waals surface area contributed by atoms with Gasteiger partial charge in [-0.3, -0.25) is 4.79 Å². The molecule has 2 fully saturated rings. The zero-order valence-corrected chi connectivity index (χ0v) is 12.6. The molecule has 0 aromatic carbocycles. The first kappa shape index (κ1) is 14.4. The molecule has 21 heavy (non-hydrogen) atoms. The maximum absolute atomic E-state index is 12.5. The third-order valence-electron chi connectivity index (χ3n) is 4.84. The minimum Gasteiger partial charge on any atom is -0.340 e. The minimum atomic E-state index is 0.0317. The molecule has 5 heteroatoms. The summed E-state index contributed by atoms with van der Waals surface area (Å²) in [6.45, 7) is 3.06. The highest BCUT2D eigenvalue weighted by atomic mass is 16.2. The molecule has 1 aliphatic carbocycles. The van der Waals surface area contributed by atoms with E-state index in [4.69, 9.17) is 0 Å². The van der Waals surface area contributed by atoms with E-state index in [0.717, 1.165) is 45.3 Å². The Hall–Kier alpha value is -1.52. The topological polar surface area (TPSA) is 52.7 Å². The first-order chi connectivity index (χ1) is 10.2. The van der Waals surface area contributed by atoms with Crippen LogP contribution in [0, 0.1) is 0 Å². The fourth-order valence-electron chi connectivity index (χ4n) is 3.64. The van der Waals surface area contributed by atoms with Gasteiger partial charge in [0.15, 0.2) is 0 Å². The van der Waals surface area contributed by atoms with Crippen molar-refractivity contribution in [2.24, 2.45) is 0 Å². The average molecular weight is 291 g/mol. The lowest BCUT2D eigenvalue weighted by Gasteiger charge is -2.37. The van der Waals surface area contributed by atoms with E-state index in [2.05, 4.69) is 11.4 Å². The van der Waals surface area contributed by atoms with Crippen LogP contribution < -0.4 is 5.32 Å². The van der Waals surface area contributed by atoms with Gasteiger partial charge in [0.05, 0.1) is 6.04 Å². The highest BCUT2D eigenvalue weighted by Crippen LogP contribution is 2.23. The summed E-state index contributed by atoms with van der Waals surface area (Å²) in [6, 6.07) is 0.231. The van der Waals surface area contributed by atoms with E-state index < -0.39 is 0 Å². The molecule has 0 aromatic rings. The lowest BCUT2D eigenvalue weighted by atomic mass is 9.96. The normalized spacial score (nSPS) is 26.6. The van der Waals surface area contributed by atoms with Gasteiger partial charge in [0.1, 0.15) is 0 Å². The van der Waals surface area contributed by atoms with Crippen molar-refractivity contribution in [3.63, 3.8) is 0 Å². The van der Waals surface area contributed by atoms with E-state index in [-0.39, 0.29) is 18.0 Å². The highest BCUT2D eigenvalue weighted by molar-refractivity contribution is 5.79. The van der Waals surface area contributed by atoms with Gasteiger partial charge in [-0.2, -0.15) is 0 Å². The fraction of sp³-hybridized carbons (Fsp3) is 0.750. The molecule has 3 aliphatic rings. The summed E-state index contributed by atoms with van der Waals surface area (Å²) in [5, 5.41) is 2.85. The number of carbonyl (C=O) groups excluding carboxylic acids is 2. The smallest absolute Gasteiger partial charge is 0.317 e. The van der Waals surface area contributed by atoms with Crippen LogP contribution in [0.15, 0.2) is 11.6 Å². The molecule has 2 saturated heterocycles. The Morgan fingerprint density at radius 2 is 2.19 bits per heavy atom. The predicted molar refractivity (Wildman–Crippen MR) is 80.9 cm³/mol. The number of nitrogens with zero attached hydrogens (tertiary/aromatic N) is 2. The van der Waals surface area contributed by atoms with Crippen molar-refractivity contribution in [2.45, 2.75) is 51.0 Å². The van der Waals surface area contributed by atoms with Gasteiger partial charge in [0.2, 0.25) is 5.91 Å². The van der Waals surface area contributed by atoms with Gasteiger partial charge in [-0.1, -0.05) is 11.6 Å². The van der Waals surface area contributed by atoms with Gasteiger partial charge in [0, 0.05) is 32.6 Å². The van der Waals surface area contributed by atoms with Gasteiger partial charge in [-0.25, -0.2) is 4.79 Å². The van der Waals surface area contributed by atoms with Gasteiger partial charge >= 0.3 is 6.03 Å². The van der Waals surface area contributed by atoms with Crippen LogP contribution in [0.4, 0.5) is 4.79 Å². The molecule has 0 radical (unpaired) electrons. The summed E-state index contributed by atoms with van der Waals surface area (Å²) in [7, 11) is 0. The molecule has 1 N–H and O–H groups in total. The third-order valence-corrected chi connectivity index (χ3v) is 4.84. The minimum absolute atomic E-state index is 0.0317. The lowest BCUT2D eigenvalue weighted by Crippen LogP contribution is -2.50. The van der Waals surface area contributed by atoms with Crippen molar-refractivity contribution in [2.75, 3.05) is 26.2 Å². The van der Waals surface area contributed by atoms with Crippen molar-refractivity contribution in [3.8, 4) is 0 Å². The quantitative estimate of drug-likeness (QED) is 0.807. The van der Waals surface area contributed by atoms with Crippen molar-refractivity contribution < 1.29 is 9.59 Å². The van der Waals surface area contributed by atoms with Crippen LogP contribution in [0.2, 0.25) is 0 Å². The van der Waals surface area contributed by atoms with E-state index in [1.807, 2.05) is 9.80 Å².